The molecular weight excluding hydrogens is 228 g/mol. The maximum atomic E-state index is 6.04. The first-order chi connectivity index (χ1) is 8.27. The first kappa shape index (κ1) is 13.1. The van der Waals surface area contributed by atoms with Crippen molar-refractivity contribution in [1.29, 1.82) is 0 Å². The van der Waals surface area contributed by atoms with Gasteiger partial charge in [-0.2, -0.15) is 0 Å². The molecule has 1 saturated carbocycles. The summed E-state index contributed by atoms with van der Waals surface area (Å²) < 4.78 is 0. The molecule has 1 aromatic rings. The zero-order valence-electron chi connectivity index (χ0n) is 11.0. The number of nitrogens with zero attached hydrogens (tertiary/aromatic N) is 1. The van der Waals surface area contributed by atoms with Gasteiger partial charge in [0, 0.05) is 17.5 Å². The molecule has 1 aliphatic rings. The Bertz CT molecular complexity index is 344. The number of hydrogen-bond acceptors (Lipinski definition) is 3. The van der Waals surface area contributed by atoms with Gasteiger partial charge < -0.3 is 5.73 Å². The van der Waals surface area contributed by atoms with Crippen molar-refractivity contribution in [1.82, 2.24) is 4.90 Å². The Morgan fingerprint density at radius 3 is 2.76 bits per heavy atom. The Morgan fingerprint density at radius 1 is 1.53 bits per heavy atom. The fraction of sp³-hybridized carbons (Fsp3) is 0.714. The summed E-state index contributed by atoms with van der Waals surface area (Å²) in [6, 6.07) is 3.47. The summed E-state index contributed by atoms with van der Waals surface area (Å²) >= 11 is 1.87. The highest BCUT2D eigenvalue weighted by molar-refractivity contribution is 7.10. The summed E-state index contributed by atoms with van der Waals surface area (Å²) in [6.07, 6.45) is 5.29. The van der Waals surface area contributed by atoms with E-state index in [0.29, 0.717) is 6.04 Å². The van der Waals surface area contributed by atoms with Gasteiger partial charge in [-0.05, 0) is 49.7 Å². The van der Waals surface area contributed by atoms with Gasteiger partial charge in [-0.25, -0.2) is 0 Å². The summed E-state index contributed by atoms with van der Waals surface area (Å²) in [6.45, 7) is 6.43. The topological polar surface area (TPSA) is 29.3 Å². The van der Waals surface area contributed by atoms with Gasteiger partial charge in [-0.15, -0.1) is 11.3 Å². The largest absolute Gasteiger partial charge is 0.329 e. The van der Waals surface area contributed by atoms with E-state index in [1.807, 2.05) is 11.3 Å². The van der Waals surface area contributed by atoms with E-state index < -0.39 is 0 Å². The van der Waals surface area contributed by atoms with Crippen LogP contribution in [0.2, 0.25) is 0 Å². The van der Waals surface area contributed by atoms with E-state index in [1.54, 1.807) is 0 Å². The Kier molecular flexibility index (Phi) is 4.60. The van der Waals surface area contributed by atoms with E-state index in [-0.39, 0.29) is 0 Å². The predicted octanol–water partition coefficient (Wildman–Crippen LogP) is 3.32. The molecule has 0 bridgehead atoms. The Morgan fingerprint density at radius 2 is 2.29 bits per heavy atom. The molecule has 3 heteroatoms. The third-order valence-electron chi connectivity index (χ3n) is 3.61. The molecule has 1 aromatic heterocycles. The van der Waals surface area contributed by atoms with E-state index >= 15 is 0 Å². The molecule has 0 radical (unpaired) electrons. The van der Waals surface area contributed by atoms with Crippen molar-refractivity contribution in [2.75, 3.05) is 13.1 Å². The molecule has 1 atom stereocenters. The fourth-order valence-electron chi connectivity index (χ4n) is 2.46. The van der Waals surface area contributed by atoms with Crippen molar-refractivity contribution in [3.63, 3.8) is 0 Å². The predicted molar refractivity (Wildman–Crippen MR) is 75.5 cm³/mol. The molecule has 0 spiro atoms. The van der Waals surface area contributed by atoms with Crippen molar-refractivity contribution >= 4 is 11.3 Å². The van der Waals surface area contributed by atoms with Crippen molar-refractivity contribution in [3.8, 4) is 0 Å². The van der Waals surface area contributed by atoms with Crippen LogP contribution in [-0.2, 0) is 0 Å². The highest BCUT2D eigenvalue weighted by atomic mass is 32.1. The van der Waals surface area contributed by atoms with E-state index in [1.165, 1.54) is 42.7 Å². The van der Waals surface area contributed by atoms with Gasteiger partial charge in [0.05, 0.1) is 6.04 Å². The summed E-state index contributed by atoms with van der Waals surface area (Å²) in [5.41, 5.74) is 7.45. The number of thiophene rings is 1. The van der Waals surface area contributed by atoms with Crippen LogP contribution in [-0.4, -0.2) is 24.0 Å². The summed E-state index contributed by atoms with van der Waals surface area (Å²) in [7, 11) is 0. The van der Waals surface area contributed by atoms with Gasteiger partial charge in [-0.1, -0.05) is 13.3 Å². The molecule has 0 saturated heterocycles. The zero-order valence-corrected chi connectivity index (χ0v) is 11.8. The molecule has 0 aliphatic heterocycles. The highest BCUT2D eigenvalue weighted by Crippen LogP contribution is 2.36. The number of unbranched alkanes of at least 4 members (excludes halogenated alkanes) is 1. The minimum atomic E-state index is 0.453. The maximum absolute atomic E-state index is 6.04. The molecular formula is C14H24N2S. The molecule has 0 aromatic carbocycles. The lowest BCUT2D eigenvalue weighted by Gasteiger charge is -2.31. The molecule has 1 heterocycles. The van der Waals surface area contributed by atoms with Gasteiger partial charge in [0.25, 0.3) is 0 Å². The van der Waals surface area contributed by atoms with E-state index in [4.69, 9.17) is 5.73 Å². The molecule has 1 fully saturated rings. The number of hydrogen-bond donors (Lipinski definition) is 1. The zero-order chi connectivity index (χ0) is 12.3. The summed E-state index contributed by atoms with van der Waals surface area (Å²) in [5.74, 6) is 0. The van der Waals surface area contributed by atoms with Crippen LogP contribution >= 0.6 is 11.3 Å². The Labute approximate surface area is 109 Å². The summed E-state index contributed by atoms with van der Waals surface area (Å²) in [4.78, 5) is 4.14. The molecule has 0 amide bonds. The van der Waals surface area contributed by atoms with Crippen LogP contribution in [0.25, 0.3) is 0 Å². The quantitative estimate of drug-likeness (QED) is 0.806. The van der Waals surface area contributed by atoms with Crippen LogP contribution < -0.4 is 5.73 Å². The van der Waals surface area contributed by atoms with Crippen molar-refractivity contribution in [2.24, 2.45) is 5.73 Å². The molecule has 1 aliphatic carbocycles. The van der Waals surface area contributed by atoms with Crippen LogP contribution in [0.4, 0.5) is 0 Å². The standard InChI is InChI=1S/C14H24N2S/c1-3-4-8-16(12-5-6-12)13(10-15)14-11(2)7-9-17-14/h7,9,12-13H,3-6,8,10,15H2,1-2H3. The second-order valence-corrected chi connectivity index (χ2v) is 5.99. The molecule has 17 heavy (non-hydrogen) atoms. The number of nitrogens with two attached hydrogens (primary N) is 1. The lowest BCUT2D eigenvalue weighted by Crippen LogP contribution is -2.36. The average molecular weight is 252 g/mol. The van der Waals surface area contributed by atoms with Crippen LogP contribution in [0.3, 0.4) is 0 Å². The third kappa shape index (κ3) is 3.09. The SMILES string of the molecule is CCCCN(C1CC1)C(CN)c1sccc1C. The average Bonchev–Trinajstić information content (AvgIpc) is 3.08. The molecule has 2 rings (SSSR count). The number of aryl methyl sites for hydroxylation is 1. The molecule has 96 valence electrons. The lowest BCUT2D eigenvalue weighted by atomic mass is 10.1. The first-order valence-corrected chi connectivity index (χ1v) is 7.65. The van der Waals surface area contributed by atoms with Gasteiger partial charge in [0.15, 0.2) is 0 Å². The van der Waals surface area contributed by atoms with Gasteiger partial charge in [-0.3, -0.25) is 4.90 Å². The van der Waals surface area contributed by atoms with Crippen molar-refractivity contribution in [2.45, 2.75) is 51.6 Å². The minimum Gasteiger partial charge on any atom is -0.329 e. The van der Waals surface area contributed by atoms with E-state index in [2.05, 4.69) is 30.2 Å². The summed E-state index contributed by atoms with van der Waals surface area (Å²) in [5, 5.41) is 2.19. The van der Waals surface area contributed by atoms with Crippen LogP contribution in [0.15, 0.2) is 11.4 Å². The van der Waals surface area contributed by atoms with Crippen LogP contribution in [0.5, 0.6) is 0 Å². The third-order valence-corrected chi connectivity index (χ3v) is 4.73. The lowest BCUT2D eigenvalue weighted by molar-refractivity contribution is 0.190. The van der Waals surface area contributed by atoms with E-state index in [9.17, 15) is 0 Å². The first-order valence-electron chi connectivity index (χ1n) is 6.77. The number of rotatable bonds is 7. The molecule has 2 N–H and O–H groups in total. The van der Waals surface area contributed by atoms with Gasteiger partial charge in [0.2, 0.25) is 0 Å². The van der Waals surface area contributed by atoms with E-state index in [0.717, 1.165) is 12.6 Å². The van der Waals surface area contributed by atoms with Gasteiger partial charge in [0.1, 0.15) is 0 Å². The smallest absolute Gasteiger partial charge is 0.0569 e. The minimum absolute atomic E-state index is 0.453. The second kappa shape index (κ2) is 5.98. The highest BCUT2D eigenvalue weighted by Gasteiger charge is 2.34. The van der Waals surface area contributed by atoms with Crippen molar-refractivity contribution < 1.29 is 0 Å². The van der Waals surface area contributed by atoms with Crippen LogP contribution in [0.1, 0.15) is 49.1 Å². The monoisotopic (exact) mass is 252 g/mol. The fourth-order valence-corrected chi connectivity index (χ4v) is 3.52. The van der Waals surface area contributed by atoms with Gasteiger partial charge >= 0.3 is 0 Å². The molecule has 2 nitrogen and oxygen atoms in total. The second-order valence-electron chi connectivity index (χ2n) is 5.04. The maximum Gasteiger partial charge on any atom is 0.0569 e. The van der Waals surface area contributed by atoms with Crippen LogP contribution in [0, 0.1) is 6.92 Å². The van der Waals surface area contributed by atoms with Crippen molar-refractivity contribution in [3.05, 3.63) is 21.9 Å². The normalized spacial score (nSPS) is 17.6. The Hall–Kier alpha value is -0.380. The molecule has 1 unspecified atom stereocenters. The Balaban J connectivity index is 2.11.